The second-order valence-corrected chi connectivity index (χ2v) is 6.31. The van der Waals surface area contributed by atoms with E-state index >= 15 is 0 Å². The first-order chi connectivity index (χ1) is 12.7. The van der Waals surface area contributed by atoms with Crippen molar-refractivity contribution in [3.05, 3.63) is 67.3 Å². The fraction of sp³-hybridized carbons (Fsp3) is 0.250. The number of nitrogens with zero attached hydrogens (tertiary/aromatic N) is 2. The van der Waals surface area contributed by atoms with Gasteiger partial charge in [0.1, 0.15) is 18.9 Å². The molecule has 0 fully saturated rings. The molecule has 136 valence electrons. The van der Waals surface area contributed by atoms with Gasteiger partial charge in [-0.1, -0.05) is 18.2 Å². The van der Waals surface area contributed by atoms with E-state index in [1.807, 2.05) is 48.5 Å². The molecule has 0 unspecified atom stereocenters. The molecule has 1 heterocycles. The average molecular weight is 351 g/mol. The van der Waals surface area contributed by atoms with E-state index in [0.29, 0.717) is 0 Å². The van der Waals surface area contributed by atoms with Crippen LogP contribution in [0.1, 0.15) is 6.42 Å². The van der Waals surface area contributed by atoms with Gasteiger partial charge in [-0.25, -0.2) is 9.13 Å². The van der Waals surface area contributed by atoms with E-state index in [9.17, 15) is 0 Å². The van der Waals surface area contributed by atoms with Crippen LogP contribution >= 0.6 is 0 Å². The highest BCUT2D eigenvalue weighted by Gasteiger charge is 2.04. The Labute approximate surface area is 154 Å². The van der Waals surface area contributed by atoms with Crippen molar-refractivity contribution in [2.75, 3.05) is 35.2 Å². The molecule has 6 N–H and O–H groups in total. The van der Waals surface area contributed by atoms with Gasteiger partial charge < -0.3 is 22.1 Å². The summed E-state index contributed by atoms with van der Waals surface area (Å²) in [6, 6.07) is 15.7. The number of para-hydroxylation sites is 2. The van der Waals surface area contributed by atoms with E-state index in [1.54, 1.807) is 0 Å². The molecule has 0 radical (unpaired) electrons. The number of nitrogens with two attached hydrogens (primary N) is 2. The SMILES string of the molecule is Nc1cccc(NCCC[n+]2ccn(CCNc3ccccc3N)c2)c1. The van der Waals surface area contributed by atoms with E-state index in [2.05, 4.69) is 38.5 Å². The first-order valence-corrected chi connectivity index (χ1v) is 8.93. The summed E-state index contributed by atoms with van der Waals surface area (Å²) in [5, 5.41) is 6.77. The molecule has 0 spiro atoms. The highest BCUT2D eigenvalue weighted by molar-refractivity contribution is 5.65. The number of nitrogens with one attached hydrogen (secondary N) is 2. The van der Waals surface area contributed by atoms with Crippen LogP contribution in [-0.2, 0) is 13.1 Å². The van der Waals surface area contributed by atoms with E-state index in [4.69, 9.17) is 11.5 Å². The summed E-state index contributed by atoms with van der Waals surface area (Å²) in [6.07, 6.45) is 7.39. The molecule has 0 aliphatic carbocycles. The maximum Gasteiger partial charge on any atom is 0.243 e. The Morgan fingerprint density at radius 1 is 0.962 bits per heavy atom. The number of benzene rings is 2. The Morgan fingerprint density at radius 3 is 2.69 bits per heavy atom. The molecule has 0 aliphatic heterocycles. The molecular formula is C20H27N6+. The van der Waals surface area contributed by atoms with Crippen LogP contribution in [0.15, 0.2) is 67.3 Å². The molecule has 0 amide bonds. The third kappa shape index (κ3) is 5.17. The minimum atomic E-state index is 0.780. The second-order valence-electron chi connectivity index (χ2n) is 6.31. The Kier molecular flexibility index (Phi) is 5.98. The fourth-order valence-electron chi connectivity index (χ4n) is 2.82. The molecule has 0 saturated carbocycles. The van der Waals surface area contributed by atoms with Gasteiger partial charge in [-0.15, -0.1) is 0 Å². The largest absolute Gasteiger partial charge is 0.399 e. The normalized spacial score (nSPS) is 10.6. The molecule has 3 aromatic rings. The summed E-state index contributed by atoms with van der Waals surface area (Å²) in [7, 11) is 0. The molecule has 6 heteroatoms. The van der Waals surface area contributed by atoms with Gasteiger partial charge in [-0.2, -0.15) is 0 Å². The van der Waals surface area contributed by atoms with Gasteiger partial charge in [-0.05, 0) is 30.3 Å². The lowest BCUT2D eigenvalue weighted by molar-refractivity contribution is -0.696. The van der Waals surface area contributed by atoms with E-state index in [-0.39, 0.29) is 0 Å². The van der Waals surface area contributed by atoms with Crippen molar-refractivity contribution in [1.29, 1.82) is 0 Å². The zero-order valence-corrected chi connectivity index (χ0v) is 14.9. The van der Waals surface area contributed by atoms with Crippen LogP contribution in [0.4, 0.5) is 22.7 Å². The van der Waals surface area contributed by atoms with Crippen molar-refractivity contribution in [3.8, 4) is 0 Å². The Morgan fingerprint density at radius 2 is 1.85 bits per heavy atom. The van der Waals surface area contributed by atoms with Crippen molar-refractivity contribution in [1.82, 2.24) is 4.57 Å². The molecular weight excluding hydrogens is 324 g/mol. The Hall–Kier alpha value is -3.15. The lowest BCUT2D eigenvalue weighted by Gasteiger charge is -2.07. The summed E-state index contributed by atoms with van der Waals surface area (Å²) in [5.41, 5.74) is 15.3. The van der Waals surface area contributed by atoms with Gasteiger partial charge in [0.2, 0.25) is 6.33 Å². The van der Waals surface area contributed by atoms with Crippen LogP contribution in [0.25, 0.3) is 0 Å². The first kappa shape index (κ1) is 17.7. The Bertz CT molecular complexity index is 826. The van der Waals surface area contributed by atoms with Gasteiger partial charge in [0.15, 0.2) is 0 Å². The average Bonchev–Trinajstić information content (AvgIpc) is 3.08. The van der Waals surface area contributed by atoms with E-state index in [1.165, 1.54) is 0 Å². The quantitative estimate of drug-likeness (QED) is 0.271. The molecule has 3 rings (SSSR count). The van der Waals surface area contributed by atoms with Crippen molar-refractivity contribution < 1.29 is 4.57 Å². The van der Waals surface area contributed by atoms with E-state index in [0.717, 1.165) is 55.3 Å². The number of anilines is 4. The minimum absolute atomic E-state index is 0.780. The van der Waals surface area contributed by atoms with Gasteiger partial charge >= 0.3 is 0 Å². The molecule has 0 saturated heterocycles. The predicted octanol–water partition coefficient (Wildman–Crippen LogP) is 2.55. The maximum atomic E-state index is 5.94. The molecule has 1 aromatic heterocycles. The van der Waals surface area contributed by atoms with Crippen LogP contribution in [-0.4, -0.2) is 17.7 Å². The zero-order chi connectivity index (χ0) is 18.2. The summed E-state index contributed by atoms with van der Waals surface area (Å²) < 4.78 is 4.38. The molecule has 6 nitrogen and oxygen atoms in total. The van der Waals surface area contributed by atoms with Gasteiger partial charge in [0, 0.05) is 24.3 Å². The Balaban J connectivity index is 1.37. The van der Waals surface area contributed by atoms with Crippen LogP contribution in [0.5, 0.6) is 0 Å². The van der Waals surface area contributed by atoms with Gasteiger partial charge in [0.05, 0.1) is 24.5 Å². The molecule has 26 heavy (non-hydrogen) atoms. The molecule has 0 atom stereocenters. The third-order valence-corrected chi connectivity index (χ3v) is 4.20. The smallest absolute Gasteiger partial charge is 0.243 e. The predicted molar refractivity (Wildman–Crippen MR) is 108 cm³/mol. The number of rotatable bonds is 9. The highest BCUT2D eigenvalue weighted by Crippen LogP contribution is 2.16. The van der Waals surface area contributed by atoms with Crippen LogP contribution in [0.2, 0.25) is 0 Å². The maximum absolute atomic E-state index is 5.94. The summed E-state index contributed by atoms with van der Waals surface area (Å²) in [4.78, 5) is 0. The number of imidazole rings is 1. The van der Waals surface area contributed by atoms with Gasteiger partial charge in [-0.3, -0.25) is 0 Å². The highest BCUT2D eigenvalue weighted by atomic mass is 15.1. The topological polar surface area (TPSA) is 84.9 Å². The lowest BCUT2D eigenvalue weighted by atomic mass is 10.3. The molecule has 0 bridgehead atoms. The van der Waals surface area contributed by atoms with Gasteiger partial charge in [0.25, 0.3) is 0 Å². The van der Waals surface area contributed by atoms with Crippen LogP contribution in [0, 0.1) is 0 Å². The summed E-state index contributed by atoms with van der Waals surface area (Å²) >= 11 is 0. The third-order valence-electron chi connectivity index (χ3n) is 4.20. The number of aryl methyl sites for hydroxylation is 1. The van der Waals surface area contributed by atoms with E-state index < -0.39 is 0 Å². The number of aromatic nitrogens is 2. The standard InChI is InChI=1S/C20H27N6/c21-17-5-3-6-18(15-17)23-9-4-11-25-13-14-26(16-25)12-10-24-20-8-2-1-7-19(20)22/h1-3,5-8,13-16,23-24H,4,9-12,21-22H2/q+1. The van der Waals surface area contributed by atoms with Crippen LogP contribution in [0.3, 0.4) is 0 Å². The number of hydrogen-bond acceptors (Lipinski definition) is 4. The summed E-state index contributed by atoms with van der Waals surface area (Å²) in [6.45, 7) is 3.61. The van der Waals surface area contributed by atoms with Crippen molar-refractivity contribution in [2.45, 2.75) is 19.5 Å². The van der Waals surface area contributed by atoms with Crippen molar-refractivity contribution in [3.63, 3.8) is 0 Å². The molecule has 2 aromatic carbocycles. The molecule has 0 aliphatic rings. The van der Waals surface area contributed by atoms with Crippen molar-refractivity contribution in [2.24, 2.45) is 0 Å². The summed E-state index contributed by atoms with van der Waals surface area (Å²) in [5.74, 6) is 0. The van der Waals surface area contributed by atoms with Crippen molar-refractivity contribution >= 4 is 22.7 Å². The number of hydrogen-bond donors (Lipinski definition) is 4. The first-order valence-electron chi connectivity index (χ1n) is 8.93. The van der Waals surface area contributed by atoms with Crippen LogP contribution < -0.4 is 26.7 Å². The zero-order valence-electron chi connectivity index (χ0n) is 14.9. The lowest BCUT2D eigenvalue weighted by Crippen LogP contribution is -2.32. The minimum Gasteiger partial charge on any atom is -0.399 e. The second kappa shape index (κ2) is 8.80. The number of nitrogen functional groups attached to an aromatic ring is 2. The fourth-order valence-corrected chi connectivity index (χ4v) is 2.82. The monoisotopic (exact) mass is 351 g/mol.